The number of halogens is 3. The lowest BCUT2D eigenvalue weighted by Gasteiger charge is -2.32. The van der Waals surface area contributed by atoms with Crippen molar-refractivity contribution in [1.29, 1.82) is 0 Å². The van der Waals surface area contributed by atoms with Crippen LogP contribution in [0.5, 0.6) is 5.88 Å². The summed E-state index contributed by atoms with van der Waals surface area (Å²) in [6.07, 6.45) is -2.44. The van der Waals surface area contributed by atoms with E-state index in [1.807, 2.05) is 6.92 Å². The lowest BCUT2D eigenvalue weighted by Crippen LogP contribution is -2.43. The van der Waals surface area contributed by atoms with Crippen LogP contribution in [0.1, 0.15) is 48.5 Å². The first-order valence-electron chi connectivity index (χ1n) is 10.5. The van der Waals surface area contributed by atoms with Gasteiger partial charge in [-0.2, -0.15) is 13.2 Å². The molecule has 1 aliphatic heterocycles. The zero-order valence-electron chi connectivity index (χ0n) is 17.7. The molecular formula is C21H24F3N3O4S. The summed E-state index contributed by atoms with van der Waals surface area (Å²) in [6, 6.07) is 0.879. The molecule has 1 saturated carbocycles. The number of nitrogens with one attached hydrogen (secondary N) is 1. The highest BCUT2D eigenvalue weighted by atomic mass is 32.1. The molecule has 3 heterocycles. The van der Waals surface area contributed by atoms with Gasteiger partial charge in [0, 0.05) is 44.4 Å². The van der Waals surface area contributed by atoms with Crippen LogP contribution in [-0.2, 0) is 10.9 Å². The summed E-state index contributed by atoms with van der Waals surface area (Å²) in [6.45, 7) is 2.66. The average Bonchev–Trinajstić information content (AvgIpc) is 3.52. The second-order valence-electron chi connectivity index (χ2n) is 8.14. The largest absolute Gasteiger partial charge is 0.474 e. The fourth-order valence-corrected chi connectivity index (χ4v) is 4.80. The van der Waals surface area contributed by atoms with E-state index in [4.69, 9.17) is 9.47 Å². The van der Waals surface area contributed by atoms with Gasteiger partial charge in [-0.25, -0.2) is 9.78 Å². The fraction of sp³-hybridized carbons (Fsp3) is 0.571. The number of nitrogens with zero attached hydrogens (tertiary/aromatic N) is 2. The van der Waals surface area contributed by atoms with Crippen molar-refractivity contribution in [2.24, 2.45) is 5.92 Å². The molecule has 0 bridgehead atoms. The Balaban J connectivity index is 1.47. The second kappa shape index (κ2) is 8.76. The number of alkyl halides is 3. The molecule has 1 N–H and O–H groups in total. The molecule has 2 fully saturated rings. The number of hydrogen-bond acceptors (Lipinski definition) is 6. The van der Waals surface area contributed by atoms with Crippen LogP contribution in [0.15, 0.2) is 11.4 Å². The zero-order valence-corrected chi connectivity index (χ0v) is 18.5. The molecule has 2 amide bonds. The van der Waals surface area contributed by atoms with Gasteiger partial charge in [-0.15, -0.1) is 11.3 Å². The number of piperidine rings is 1. The number of rotatable bonds is 5. The quantitative estimate of drug-likeness (QED) is 0.697. The molecule has 0 unspecified atom stereocenters. The Hall–Kier alpha value is -2.56. The van der Waals surface area contributed by atoms with E-state index in [0.717, 1.165) is 30.2 Å². The summed E-state index contributed by atoms with van der Waals surface area (Å²) in [5.41, 5.74) is -0.840. The maximum atomic E-state index is 13.6. The van der Waals surface area contributed by atoms with Gasteiger partial charge in [0.1, 0.15) is 12.2 Å². The monoisotopic (exact) mass is 471 g/mol. The second-order valence-corrected chi connectivity index (χ2v) is 9.02. The minimum Gasteiger partial charge on any atom is -0.474 e. The van der Waals surface area contributed by atoms with E-state index in [2.05, 4.69) is 10.3 Å². The molecule has 7 nitrogen and oxygen atoms in total. The smallest absolute Gasteiger partial charge is 0.418 e. The predicted molar refractivity (Wildman–Crippen MR) is 112 cm³/mol. The molecular weight excluding hydrogens is 447 g/mol. The van der Waals surface area contributed by atoms with Crippen LogP contribution in [0.25, 0.3) is 10.2 Å². The standard InChI is InChI=1S/C21H24F3N3O4S/c1-11(12-3-4-12)30-20(29)27-7-5-13(6-8-27)31-16-9-15(21(22,23)24)18-17(26-16)14(10-32-18)19(28)25-2/h9-13H,3-8H2,1-2H3,(H,25,28)/t11-/m0/s1. The molecule has 1 saturated heterocycles. The van der Waals surface area contributed by atoms with Gasteiger partial charge < -0.3 is 19.7 Å². The lowest BCUT2D eigenvalue weighted by molar-refractivity contribution is -0.136. The summed E-state index contributed by atoms with van der Waals surface area (Å²) < 4.78 is 52.1. The summed E-state index contributed by atoms with van der Waals surface area (Å²) >= 11 is 0.824. The van der Waals surface area contributed by atoms with E-state index in [1.54, 1.807) is 4.90 Å². The Morgan fingerprint density at radius 3 is 2.53 bits per heavy atom. The molecule has 2 aromatic rings. The third-order valence-corrected chi connectivity index (χ3v) is 6.84. The van der Waals surface area contributed by atoms with Crippen LogP contribution in [-0.4, -0.2) is 54.2 Å². The van der Waals surface area contributed by atoms with E-state index in [9.17, 15) is 22.8 Å². The molecule has 0 radical (unpaired) electrons. The average molecular weight is 472 g/mol. The van der Waals surface area contributed by atoms with E-state index >= 15 is 0 Å². The summed E-state index contributed by atoms with van der Waals surface area (Å²) in [7, 11) is 1.40. The van der Waals surface area contributed by atoms with Crippen molar-refractivity contribution in [1.82, 2.24) is 15.2 Å². The minimum atomic E-state index is -4.62. The maximum Gasteiger partial charge on any atom is 0.418 e. The van der Waals surface area contributed by atoms with Gasteiger partial charge in [0.25, 0.3) is 5.91 Å². The van der Waals surface area contributed by atoms with Crippen molar-refractivity contribution < 1.29 is 32.2 Å². The van der Waals surface area contributed by atoms with Crippen molar-refractivity contribution in [3.8, 4) is 5.88 Å². The van der Waals surface area contributed by atoms with E-state index < -0.39 is 23.8 Å². The molecule has 11 heteroatoms. The summed E-state index contributed by atoms with van der Waals surface area (Å²) in [5, 5.41) is 3.78. The fourth-order valence-electron chi connectivity index (χ4n) is 3.77. The number of carbonyl (C=O) groups is 2. The zero-order chi connectivity index (χ0) is 23.0. The van der Waals surface area contributed by atoms with Crippen molar-refractivity contribution in [2.75, 3.05) is 20.1 Å². The highest BCUT2D eigenvalue weighted by molar-refractivity contribution is 7.17. The van der Waals surface area contributed by atoms with Gasteiger partial charge in [-0.3, -0.25) is 4.79 Å². The van der Waals surface area contributed by atoms with Crippen LogP contribution in [0.4, 0.5) is 18.0 Å². The van der Waals surface area contributed by atoms with Crippen molar-refractivity contribution in [2.45, 2.75) is 51.0 Å². The van der Waals surface area contributed by atoms with E-state index in [0.29, 0.717) is 31.8 Å². The SMILES string of the molecule is CNC(=O)c1csc2c(C(F)(F)F)cc(OC3CCN(C(=O)O[C@@H](C)C4CC4)CC3)nc12. The van der Waals surface area contributed by atoms with Gasteiger partial charge in [-0.05, 0) is 25.7 Å². The van der Waals surface area contributed by atoms with Crippen LogP contribution in [0.2, 0.25) is 0 Å². The molecule has 0 aromatic carbocycles. The van der Waals surface area contributed by atoms with Gasteiger partial charge >= 0.3 is 12.3 Å². The molecule has 4 rings (SSSR count). The van der Waals surface area contributed by atoms with Crippen LogP contribution in [0, 0.1) is 5.92 Å². The number of hydrogen-bond donors (Lipinski definition) is 1. The van der Waals surface area contributed by atoms with Crippen LogP contribution < -0.4 is 10.1 Å². The third kappa shape index (κ3) is 4.77. The van der Waals surface area contributed by atoms with Gasteiger partial charge in [-0.1, -0.05) is 0 Å². The maximum absolute atomic E-state index is 13.6. The molecule has 2 aromatic heterocycles. The molecule has 1 aliphatic carbocycles. The van der Waals surface area contributed by atoms with Gasteiger partial charge in [0.2, 0.25) is 5.88 Å². The minimum absolute atomic E-state index is 0.0331. The van der Waals surface area contributed by atoms with Gasteiger partial charge in [0.15, 0.2) is 0 Å². The van der Waals surface area contributed by atoms with E-state index in [1.165, 1.54) is 12.4 Å². The molecule has 1 atom stereocenters. The first-order chi connectivity index (χ1) is 15.2. The number of pyridine rings is 1. The van der Waals surface area contributed by atoms with Crippen LogP contribution >= 0.6 is 11.3 Å². The highest BCUT2D eigenvalue weighted by Crippen LogP contribution is 2.40. The number of aromatic nitrogens is 1. The van der Waals surface area contributed by atoms with Gasteiger partial charge in [0.05, 0.1) is 21.3 Å². The lowest BCUT2D eigenvalue weighted by atomic mass is 10.1. The van der Waals surface area contributed by atoms with Crippen molar-refractivity contribution in [3.05, 3.63) is 22.6 Å². The number of fused-ring (bicyclic) bond motifs is 1. The topological polar surface area (TPSA) is 80.8 Å². The van der Waals surface area contributed by atoms with E-state index in [-0.39, 0.29) is 33.9 Å². The molecule has 0 spiro atoms. The Bertz CT molecular complexity index is 1010. The number of amides is 2. The number of thiophene rings is 1. The van der Waals surface area contributed by atoms with Crippen molar-refractivity contribution >= 4 is 33.6 Å². The van der Waals surface area contributed by atoms with Crippen LogP contribution in [0.3, 0.4) is 0 Å². The van der Waals surface area contributed by atoms with Crippen molar-refractivity contribution in [3.63, 3.8) is 0 Å². The Morgan fingerprint density at radius 2 is 1.94 bits per heavy atom. The predicted octanol–water partition coefficient (Wildman–Crippen LogP) is 4.45. The number of carbonyl (C=O) groups excluding carboxylic acids is 2. The molecule has 2 aliphatic rings. The Kier molecular flexibility index (Phi) is 6.19. The number of ether oxygens (including phenoxy) is 2. The molecule has 32 heavy (non-hydrogen) atoms. The first-order valence-corrected chi connectivity index (χ1v) is 11.4. The number of likely N-dealkylation sites (tertiary alicyclic amines) is 1. The molecule has 174 valence electrons. The Labute approximate surface area is 186 Å². The highest BCUT2D eigenvalue weighted by Gasteiger charge is 2.36. The first kappa shape index (κ1) is 22.6. The normalized spacial score (nSPS) is 18.5. The summed E-state index contributed by atoms with van der Waals surface area (Å²) in [5.74, 6) is -0.251. The Morgan fingerprint density at radius 1 is 1.25 bits per heavy atom. The third-order valence-electron chi connectivity index (χ3n) is 5.84. The summed E-state index contributed by atoms with van der Waals surface area (Å²) in [4.78, 5) is 30.2.